The van der Waals surface area contributed by atoms with Crippen molar-refractivity contribution < 1.29 is 9.90 Å². The Labute approximate surface area is 72.9 Å². The van der Waals surface area contributed by atoms with Gasteiger partial charge in [-0.25, -0.2) is 0 Å². The van der Waals surface area contributed by atoms with E-state index in [0.29, 0.717) is 24.7 Å². The summed E-state index contributed by atoms with van der Waals surface area (Å²) in [5.74, 6) is 0.335. The van der Waals surface area contributed by atoms with E-state index in [1.165, 1.54) is 0 Å². The number of hydrogen-bond donors (Lipinski definition) is 2. The topological polar surface area (TPSA) is 63.3 Å². The SMILES string of the molecule is CC(C)CC1CC(N)(C(=O)O)C1. The smallest absolute Gasteiger partial charge is 0.323 e. The summed E-state index contributed by atoms with van der Waals surface area (Å²) in [5, 5.41) is 8.72. The van der Waals surface area contributed by atoms with E-state index in [2.05, 4.69) is 13.8 Å². The summed E-state index contributed by atoms with van der Waals surface area (Å²) < 4.78 is 0. The number of aliphatic carboxylic acids is 1. The van der Waals surface area contributed by atoms with Crippen LogP contribution in [0, 0.1) is 11.8 Å². The van der Waals surface area contributed by atoms with Crippen molar-refractivity contribution in [3.63, 3.8) is 0 Å². The molecule has 0 atom stereocenters. The van der Waals surface area contributed by atoms with Crippen LogP contribution in [0.25, 0.3) is 0 Å². The third-order valence-corrected chi connectivity index (χ3v) is 2.54. The van der Waals surface area contributed by atoms with Crippen LogP contribution in [0.5, 0.6) is 0 Å². The summed E-state index contributed by atoms with van der Waals surface area (Å²) in [6.07, 6.45) is 2.41. The maximum absolute atomic E-state index is 10.6. The highest BCUT2D eigenvalue weighted by Gasteiger charge is 2.46. The Bertz CT molecular complexity index is 183. The molecule has 0 unspecified atom stereocenters. The van der Waals surface area contributed by atoms with E-state index in [-0.39, 0.29) is 0 Å². The molecule has 0 spiro atoms. The molecule has 0 amide bonds. The van der Waals surface area contributed by atoms with E-state index in [9.17, 15) is 4.79 Å². The zero-order chi connectivity index (χ0) is 9.35. The van der Waals surface area contributed by atoms with Gasteiger partial charge in [0.25, 0.3) is 0 Å². The number of hydrogen-bond acceptors (Lipinski definition) is 2. The molecule has 0 aromatic carbocycles. The van der Waals surface area contributed by atoms with Crippen molar-refractivity contribution in [1.29, 1.82) is 0 Å². The van der Waals surface area contributed by atoms with Crippen molar-refractivity contribution in [3.8, 4) is 0 Å². The van der Waals surface area contributed by atoms with Gasteiger partial charge in [-0.05, 0) is 31.1 Å². The molecule has 3 nitrogen and oxygen atoms in total. The Morgan fingerprint density at radius 3 is 2.50 bits per heavy atom. The van der Waals surface area contributed by atoms with E-state index in [1.807, 2.05) is 0 Å². The first-order valence-corrected chi connectivity index (χ1v) is 4.46. The molecule has 3 N–H and O–H groups in total. The molecule has 1 aliphatic carbocycles. The lowest BCUT2D eigenvalue weighted by molar-refractivity contribution is -0.149. The van der Waals surface area contributed by atoms with Crippen molar-refractivity contribution in [2.75, 3.05) is 0 Å². The van der Waals surface area contributed by atoms with Crippen LogP contribution >= 0.6 is 0 Å². The highest BCUT2D eigenvalue weighted by atomic mass is 16.4. The number of carboxylic acids is 1. The average molecular weight is 171 g/mol. The molecule has 3 heteroatoms. The largest absolute Gasteiger partial charge is 0.480 e. The normalized spacial score (nSPS) is 34.8. The van der Waals surface area contributed by atoms with Gasteiger partial charge in [-0.2, -0.15) is 0 Å². The Morgan fingerprint density at radius 2 is 2.17 bits per heavy atom. The van der Waals surface area contributed by atoms with Crippen molar-refractivity contribution in [2.45, 2.75) is 38.6 Å². The number of carboxylic acid groups (broad SMARTS) is 1. The summed E-state index contributed by atoms with van der Waals surface area (Å²) in [4.78, 5) is 10.6. The van der Waals surface area contributed by atoms with E-state index >= 15 is 0 Å². The molecule has 0 saturated heterocycles. The Balaban J connectivity index is 2.32. The third-order valence-electron chi connectivity index (χ3n) is 2.54. The van der Waals surface area contributed by atoms with Crippen molar-refractivity contribution >= 4 is 5.97 Å². The second-order valence-electron chi connectivity index (χ2n) is 4.37. The first-order valence-electron chi connectivity index (χ1n) is 4.46. The van der Waals surface area contributed by atoms with Gasteiger partial charge in [0.15, 0.2) is 0 Å². The van der Waals surface area contributed by atoms with Crippen LogP contribution in [0.15, 0.2) is 0 Å². The van der Waals surface area contributed by atoms with Crippen molar-refractivity contribution in [1.82, 2.24) is 0 Å². The van der Waals surface area contributed by atoms with Gasteiger partial charge in [-0.15, -0.1) is 0 Å². The lowest BCUT2D eigenvalue weighted by atomic mass is 9.66. The van der Waals surface area contributed by atoms with Crippen LogP contribution < -0.4 is 5.73 Å². The molecule has 70 valence electrons. The van der Waals surface area contributed by atoms with E-state index < -0.39 is 11.5 Å². The molecule has 1 aliphatic rings. The summed E-state index contributed by atoms with van der Waals surface area (Å²) >= 11 is 0. The monoisotopic (exact) mass is 171 g/mol. The molecular weight excluding hydrogens is 154 g/mol. The minimum atomic E-state index is -0.903. The van der Waals surface area contributed by atoms with Crippen molar-refractivity contribution in [3.05, 3.63) is 0 Å². The average Bonchev–Trinajstić information content (AvgIpc) is 1.82. The lowest BCUT2D eigenvalue weighted by Gasteiger charge is -2.42. The second-order valence-corrected chi connectivity index (χ2v) is 4.37. The van der Waals surface area contributed by atoms with E-state index in [1.54, 1.807) is 0 Å². The van der Waals surface area contributed by atoms with Gasteiger partial charge in [0, 0.05) is 0 Å². The highest BCUT2D eigenvalue weighted by Crippen LogP contribution is 2.39. The van der Waals surface area contributed by atoms with E-state index in [0.717, 1.165) is 6.42 Å². The molecule has 0 aromatic heterocycles. The molecule has 0 radical (unpaired) electrons. The molecule has 1 rings (SSSR count). The van der Waals surface area contributed by atoms with Gasteiger partial charge < -0.3 is 10.8 Å². The minimum Gasteiger partial charge on any atom is -0.480 e. The Kier molecular flexibility index (Phi) is 2.42. The summed E-state index contributed by atoms with van der Waals surface area (Å²) in [5.41, 5.74) is 4.71. The predicted molar refractivity (Wildman–Crippen MR) is 46.7 cm³/mol. The van der Waals surface area contributed by atoms with Gasteiger partial charge in [0.2, 0.25) is 0 Å². The number of nitrogens with two attached hydrogens (primary N) is 1. The molecule has 12 heavy (non-hydrogen) atoms. The molecule has 0 bridgehead atoms. The van der Waals surface area contributed by atoms with Gasteiger partial charge in [0.05, 0.1) is 0 Å². The maximum Gasteiger partial charge on any atom is 0.323 e. The standard InChI is InChI=1S/C9H17NO2/c1-6(2)3-7-4-9(10,5-7)8(11)12/h6-7H,3-5,10H2,1-2H3,(H,11,12). The number of rotatable bonds is 3. The maximum atomic E-state index is 10.6. The quantitative estimate of drug-likeness (QED) is 0.671. The first-order chi connectivity index (χ1) is 5.44. The van der Waals surface area contributed by atoms with Crippen LogP contribution in [0.3, 0.4) is 0 Å². The van der Waals surface area contributed by atoms with Gasteiger partial charge in [0.1, 0.15) is 5.54 Å². The zero-order valence-electron chi connectivity index (χ0n) is 7.71. The fraction of sp³-hybridized carbons (Fsp3) is 0.889. The van der Waals surface area contributed by atoms with Crippen LogP contribution in [-0.4, -0.2) is 16.6 Å². The third kappa shape index (κ3) is 1.78. The molecule has 1 fully saturated rings. The molecule has 0 aliphatic heterocycles. The van der Waals surface area contributed by atoms with Crippen LogP contribution in [0.2, 0.25) is 0 Å². The van der Waals surface area contributed by atoms with Gasteiger partial charge in [-0.1, -0.05) is 13.8 Å². The summed E-state index contributed by atoms with van der Waals surface area (Å²) in [7, 11) is 0. The second kappa shape index (κ2) is 3.05. The summed E-state index contributed by atoms with van der Waals surface area (Å²) in [6.45, 7) is 4.30. The Hall–Kier alpha value is -0.570. The first kappa shape index (κ1) is 9.52. The van der Waals surface area contributed by atoms with Crippen LogP contribution in [0.4, 0.5) is 0 Å². The fourth-order valence-corrected chi connectivity index (χ4v) is 1.98. The molecule has 0 aromatic rings. The fourth-order valence-electron chi connectivity index (χ4n) is 1.98. The molecule has 1 saturated carbocycles. The highest BCUT2D eigenvalue weighted by molar-refractivity contribution is 5.79. The molecular formula is C9H17NO2. The number of carbonyl (C=O) groups is 1. The van der Waals surface area contributed by atoms with E-state index in [4.69, 9.17) is 10.8 Å². The minimum absolute atomic E-state index is 0.533. The lowest BCUT2D eigenvalue weighted by Crippen LogP contribution is -2.58. The van der Waals surface area contributed by atoms with Crippen molar-refractivity contribution in [2.24, 2.45) is 17.6 Å². The predicted octanol–water partition coefficient (Wildman–Crippen LogP) is 1.22. The zero-order valence-corrected chi connectivity index (χ0v) is 7.71. The van der Waals surface area contributed by atoms with Crippen LogP contribution in [0.1, 0.15) is 33.1 Å². The van der Waals surface area contributed by atoms with Crippen LogP contribution in [-0.2, 0) is 4.79 Å². The van der Waals surface area contributed by atoms with Gasteiger partial charge >= 0.3 is 5.97 Å². The Morgan fingerprint density at radius 1 is 1.67 bits per heavy atom. The van der Waals surface area contributed by atoms with Gasteiger partial charge in [-0.3, -0.25) is 4.79 Å². The molecule has 0 heterocycles. The summed E-state index contributed by atoms with van der Waals surface area (Å²) in [6, 6.07) is 0.